The van der Waals surface area contributed by atoms with Gasteiger partial charge in [-0.2, -0.15) is 0 Å². The summed E-state index contributed by atoms with van der Waals surface area (Å²) >= 11 is 12.2. The molecule has 0 unspecified atom stereocenters. The Morgan fingerprint density at radius 2 is 1.56 bits per heavy atom. The predicted octanol–water partition coefficient (Wildman–Crippen LogP) is 5.52. The van der Waals surface area contributed by atoms with E-state index in [1.54, 1.807) is 31.2 Å². The van der Waals surface area contributed by atoms with Gasteiger partial charge in [-0.15, -0.1) is 0 Å². The SMILES string of the molecule is CC(C)CNC(=O)[C@H](C)N(Cc1ccc(Cl)c(Cl)c1)C(=O)CN(c1ccccc1F)S(=O)(=O)c1ccccc1. The number of rotatable bonds is 11. The van der Waals surface area contributed by atoms with E-state index in [2.05, 4.69) is 5.32 Å². The van der Waals surface area contributed by atoms with E-state index in [4.69, 9.17) is 23.2 Å². The van der Waals surface area contributed by atoms with Crippen LogP contribution in [0.25, 0.3) is 0 Å². The van der Waals surface area contributed by atoms with Gasteiger partial charge in [0, 0.05) is 13.1 Å². The van der Waals surface area contributed by atoms with Crippen LogP contribution in [0.5, 0.6) is 0 Å². The van der Waals surface area contributed by atoms with Crippen LogP contribution in [-0.4, -0.2) is 44.3 Å². The molecule has 39 heavy (non-hydrogen) atoms. The minimum atomic E-state index is -4.35. The van der Waals surface area contributed by atoms with E-state index in [-0.39, 0.29) is 28.1 Å². The summed E-state index contributed by atoms with van der Waals surface area (Å²) in [4.78, 5) is 27.9. The van der Waals surface area contributed by atoms with Crippen molar-refractivity contribution < 1.29 is 22.4 Å². The number of carbonyl (C=O) groups excluding carboxylic acids is 2. The first-order chi connectivity index (χ1) is 18.4. The molecule has 1 atom stereocenters. The smallest absolute Gasteiger partial charge is 0.264 e. The fraction of sp³-hybridized carbons (Fsp3) is 0.286. The number of nitrogens with one attached hydrogen (secondary N) is 1. The molecule has 7 nitrogen and oxygen atoms in total. The zero-order chi connectivity index (χ0) is 28.7. The molecule has 0 saturated heterocycles. The van der Waals surface area contributed by atoms with Gasteiger partial charge in [0.05, 0.1) is 20.6 Å². The molecule has 3 aromatic carbocycles. The number of halogens is 3. The average molecular weight is 595 g/mol. The molecule has 0 radical (unpaired) electrons. The summed E-state index contributed by atoms with van der Waals surface area (Å²) < 4.78 is 42.9. The van der Waals surface area contributed by atoms with E-state index < -0.39 is 40.2 Å². The molecule has 0 aliphatic rings. The fourth-order valence-electron chi connectivity index (χ4n) is 3.76. The summed E-state index contributed by atoms with van der Waals surface area (Å²) in [6.45, 7) is 4.99. The van der Waals surface area contributed by atoms with E-state index in [0.29, 0.717) is 17.1 Å². The van der Waals surface area contributed by atoms with Crippen molar-refractivity contribution in [3.05, 3.63) is 94.2 Å². The van der Waals surface area contributed by atoms with Crippen LogP contribution < -0.4 is 9.62 Å². The highest BCUT2D eigenvalue weighted by molar-refractivity contribution is 7.92. The Hall–Kier alpha value is -3.14. The zero-order valence-corrected chi connectivity index (χ0v) is 24.1. The van der Waals surface area contributed by atoms with Gasteiger partial charge in [-0.25, -0.2) is 12.8 Å². The van der Waals surface area contributed by atoms with Crippen molar-refractivity contribution >= 4 is 50.7 Å². The quantitative estimate of drug-likeness (QED) is 0.317. The number of hydrogen-bond acceptors (Lipinski definition) is 4. The van der Waals surface area contributed by atoms with Crippen LogP contribution in [0.1, 0.15) is 26.3 Å². The number of amides is 2. The van der Waals surface area contributed by atoms with Crippen LogP contribution in [0.4, 0.5) is 10.1 Å². The van der Waals surface area contributed by atoms with Crippen LogP contribution in [0.2, 0.25) is 10.0 Å². The van der Waals surface area contributed by atoms with Crippen LogP contribution in [0.3, 0.4) is 0 Å². The van der Waals surface area contributed by atoms with Crippen molar-refractivity contribution in [1.82, 2.24) is 10.2 Å². The highest BCUT2D eigenvalue weighted by atomic mass is 35.5. The highest BCUT2D eigenvalue weighted by Gasteiger charge is 2.33. The predicted molar refractivity (Wildman–Crippen MR) is 152 cm³/mol. The lowest BCUT2D eigenvalue weighted by molar-refractivity contribution is -0.139. The average Bonchev–Trinajstić information content (AvgIpc) is 2.91. The Morgan fingerprint density at radius 3 is 2.18 bits per heavy atom. The molecule has 1 N–H and O–H groups in total. The van der Waals surface area contributed by atoms with Crippen LogP contribution in [-0.2, 0) is 26.2 Å². The van der Waals surface area contributed by atoms with Crippen molar-refractivity contribution in [3.8, 4) is 0 Å². The number of carbonyl (C=O) groups is 2. The Kier molecular flexibility index (Phi) is 10.4. The van der Waals surface area contributed by atoms with Gasteiger partial charge in [-0.05, 0) is 54.8 Å². The van der Waals surface area contributed by atoms with Crippen molar-refractivity contribution in [3.63, 3.8) is 0 Å². The molecule has 0 aliphatic carbocycles. The Bertz CT molecular complexity index is 1420. The third-order valence-electron chi connectivity index (χ3n) is 5.92. The molecule has 0 spiro atoms. The molecule has 0 bridgehead atoms. The van der Waals surface area contributed by atoms with E-state index in [0.717, 1.165) is 10.4 Å². The van der Waals surface area contributed by atoms with Gasteiger partial charge in [0.25, 0.3) is 10.0 Å². The maximum absolute atomic E-state index is 14.9. The van der Waals surface area contributed by atoms with Gasteiger partial charge < -0.3 is 10.2 Å². The fourth-order valence-corrected chi connectivity index (χ4v) is 5.52. The minimum absolute atomic E-state index is 0.0670. The Balaban J connectivity index is 2.02. The minimum Gasteiger partial charge on any atom is -0.354 e. The maximum Gasteiger partial charge on any atom is 0.264 e. The summed E-state index contributed by atoms with van der Waals surface area (Å²) in [6.07, 6.45) is 0. The van der Waals surface area contributed by atoms with Gasteiger partial charge in [0.15, 0.2) is 0 Å². The van der Waals surface area contributed by atoms with Crippen molar-refractivity contribution in [2.24, 2.45) is 5.92 Å². The molecule has 208 valence electrons. The summed E-state index contributed by atoms with van der Waals surface area (Å²) in [7, 11) is -4.35. The lowest BCUT2D eigenvalue weighted by Crippen LogP contribution is -2.51. The summed E-state index contributed by atoms with van der Waals surface area (Å²) in [6, 6.07) is 16.6. The van der Waals surface area contributed by atoms with Gasteiger partial charge in [0.1, 0.15) is 18.4 Å². The lowest BCUT2D eigenvalue weighted by atomic mass is 10.1. The number of hydrogen-bond donors (Lipinski definition) is 1. The second kappa shape index (κ2) is 13.3. The third-order valence-corrected chi connectivity index (χ3v) is 8.43. The van der Waals surface area contributed by atoms with E-state index in [9.17, 15) is 22.4 Å². The van der Waals surface area contributed by atoms with Gasteiger partial charge >= 0.3 is 0 Å². The molecule has 0 aliphatic heterocycles. The summed E-state index contributed by atoms with van der Waals surface area (Å²) in [5.41, 5.74) is 0.283. The first-order valence-corrected chi connectivity index (χ1v) is 14.4. The van der Waals surface area contributed by atoms with Crippen molar-refractivity contribution in [1.29, 1.82) is 0 Å². The number of sulfonamides is 1. The molecule has 0 fully saturated rings. The molecule has 11 heteroatoms. The van der Waals surface area contributed by atoms with Crippen LogP contribution in [0, 0.1) is 11.7 Å². The maximum atomic E-state index is 14.9. The van der Waals surface area contributed by atoms with Gasteiger partial charge in [-0.1, -0.05) is 73.4 Å². The lowest BCUT2D eigenvalue weighted by Gasteiger charge is -2.32. The molecule has 0 aromatic heterocycles. The summed E-state index contributed by atoms with van der Waals surface area (Å²) in [5, 5.41) is 3.38. The van der Waals surface area contributed by atoms with Crippen molar-refractivity contribution in [2.45, 2.75) is 38.3 Å². The van der Waals surface area contributed by atoms with Gasteiger partial charge in [0.2, 0.25) is 11.8 Å². The van der Waals surface area contributed by atoms with E-state index in [1.165, 1.54) is 47.4 Å². The second-order valence-corrected chi connectivity index (χ2v) is 12.0. The van der Waals surface area contributed by atoms with E-state index in [1.807, 2.05) is 13.8 Å². The van der Waals surface area contributed by atoms with Gasteiger partial charge in [-0.3, -0.25) is 13.9 Å². The monoisotopic (exact) mass is 593 g/mol. The normalized spacial score (nSPS) is 12.2. The zero-order valence-electron chi connectivity index (χ0n) is 21.8. The van der Waals surface area contributed by atoms with Crippen LogP contribution in [0.15, 0.2) is 77.7 Å². The highest BCUT2D eigenvalue weighted by Crippen LogP contribution is 2.27. The van der Waals surface area contributed by atoms with Crippen LogP contribution >= 0.6 is 23.2 Å². The summed E-state index contributed by atoms with van der Waals surface area (Å²) in [5.74, 6) is -1.77. The molecular weight excluding hydrogens is 564 g/mol. The van der Waals surface area contributed by atoms with E-state index >= 15 is 0 Å². The number of para-hydroxylation sites is 1. The standard InChI is InChI=1S/C28H30Cl2FN3O4S/c1-19(2)16-32-28(36)20(3)33(17-21-13-14-23(29)24(30)15-21)27(35)18-34(26-12-8-7-11-25(26)31)39(37,38)22-9-5-4-6-10-22/h4-15,19-20H,16-18H2,1-3H3,(H,32,36)/t20-/m0/s1. The molecule has 3 rings (SSSR count). The molecule has 3 aromatic rings. The Labute approximate surface area is 238 Å². The topological polar surface area (TPSA) is 86.8 Å². The Morgan fingerprint density at radius 1 is 0.923 bits per heavy atom. The molecule has 2 amide bonds. The van der Waals surface area contributed by atoms with Crippen molar-refractivity contribution in [2.75, 3.05) is 17.4 Å². The first kappa shape index (κ1) is 30.4. The number of benzene rings is 3. The number of anilines is 1. The largest absolute Gasteiger partial charge is 0.354 e. The third kappa shape index (κ3) is 7.71. The number of nitrogens with zero attached hydrogens (tertiary/aromatic N) is 2. The second-order valence-electron chi connectivity index (χ2n) is 9.36. The molecular formula is C28H30Cl2FN3O4S. The molecule has 0 saturated carbocycles. The first-order valence-electron chi connectivity index (χ1n) is 12.2. The molecule has 0 heterocycles.